The van der Waals surface area contributed by atoms with E-state index in [0.29, 0.717) is 5.75 Å². The van der Waals surface area contributed by atoms with E-state index in [1.807, 2.05) is 54.6 Å². The van der Waals surface area contributed by atoms with Gasteiger partial charge in [0.2, 0.25) is 6.10 Å². The third kappa shape index (κ3) is 4.97. The third-order valence-corrected chi connectivity index (χ3v) is 4.29. The standard InChI is InChI=1S/C18H19BrN2O2.ClH/c19-14-7-4-8-16(11-14)23-17(13-5-2-1-3-6-13)18(22)21-15-9-10-20-12-15;/h1-8,11,15,17,20H,9-10,12H2,(H,21,22);1H. The number of hydrogen-bond acceptors (Lipinski definition) is 3. The molecule has 2 N–H and O–H groups in total. The minimum atomic E-state index is -0.661. The van der Waals surface area contributed by atoms with Crippen LogP contribution in [0.2, 0.25) is 0 Å². The topological polar surface area (TPSA) is 50.4 Å². The van der Waals surface area contributed by atoms with Crippen LogP contribution in [-0.4, -0.2) is 25.0 Å². The summed E-state index contributed by atoms with van der Waals surface area (Å²) >= 11 is 3.43. The molecule has 1 amide bonds. The van der Waals surface area contributed by atoms with Gasteiger partial charge in [0.25, 0.3) is 5.91 Å². The number of carbonyl (C=O) groups excluding carboxylic acids is 1. The van der Waals surface area contributed by atoms with Crippen LogP contribution in [0.5, 0.6) is 5.75 Å². The van der Waals surface area contributed by atoms with E-state index in [1.54, 1.807) is 0 Å². The van der Waals surface area contributed by atoms with Crippen molar-refractivity contribution >= 4 is 34.2 Å². The number of amides is 1. The normalized spacial score (nSPS) is 17.6. The van der Waals surface area contributed by atoms with E-state index in [2.05, 4.69) is 26.6 Å². The Hall–Kier alpha value is -1.56. The first-order valence-electron chi connectivity index (χ1n) is 7.70. The molecule has 1 fully saturated rings. The number of carbonyl (C=O) groups is 1. The Bertz CT molecular complexity index is 663. The Balaban J connectivity index is 0.00000208. The molecule has 0 aliphatic carbocycles. The average Bonchev–Trinajstić information content (AvgIpc) is 3.06. The van der Waals surface area contributed by atoms with Gasteiger partial charge in [-0.3, -0.25) is 4.79 Å². The first-order chi connectivity index (χ1) is 11.2. The molecular formula is C18H20BrClN2O2. The Morgan fingerprint density at radius 2 is 2.00 bits per heavy atom. The second-order valence-electron chi connectivity index (χ2n) is 5.56. The molecule has 2 unspecified atom stereocenters. The predicted octanol–water partition coefficient (Wildman–Crippen LogP) is 3.47. The summed E-state index contributed by atoms with van der Waals surface area (Å²) in [6.45, 7) is 1.75. The van der Waals surface area contributed by atoms with Crippen LogP contribution in [0.25, 0.3) is 0 Å². The highest BCUT2D eigenvalue weighted by atomic mass is 79.9. The van der Waals surface area contributed by atoms with Crippen molar-refractivity contribution in [3.8, 4) is 5.75 Å². The zero-order valence-electron chi connectivity index (χ0n) is 13.1. The van der Waals surface area contributed by atoms with Gasteiger partial charge >= 0.3 is 0 Å². The fourth-order valence-corrected chi connectivity index (χ4v) is 3.01. The molecule has 1 aliphatic rings. The van der Waals surface area contributed by atoms with E-state index in [9.17, 15) is 4.79 Å². The lowest BCUT2D eigenvalue weighted by atomic mass is 10.1. The van der Waals surface area contributed by atoms with E-state index in [1.165, 1.54) is 0 Å². The van der Waals surface area contributed by atoms with Crippen molar-refractivity contribution in [2.75, 3.05) is 13.1 Å². The SMILES string of the molecule is Cl.O=C(NC1CCNC1)C(Oc1cccc(Br)c1)c1ccccc1. The maximum atomic E-state index is 12.7. The molecular weight excluding hydrogens is 392 g/mol. The molecule has 1 saturated heterocycles. The summed E-state index contributed by atoms with van der Waals surface area (Å²) in [5.41, 5.74) is 0.843. The molecule has 2 atom stereocenters. The Morgan fingerprint density at radius 1 is 1.21 bits per heavy atom. The van der Waals surface area contributed by atoms with Crippen LogP contribution < -0.4 is 15.4 Å². The van der Waals surface area contributed by atoms with Crippen LogP contribution in [0.3, 0.4) is 0 Å². The third-order valence-electron chi connectivity index (χ3n) is 3.80. The van der Waals surface area contributed by atoms with Gasteiger partial charge in [-0.25, -0.2) is 0 Å². The lowest BCUT2D eigenvalue weighted by Gasteiger charge is -2.21. The average molecular weight is 412 g/mol. The van der Waals surface area contributed by atoms with E-state index in [4.69, 9.17) is 4.74 Å². The molecule has 1 aliphatic heterocycles. The molecule has 3 rings (SSSR count). The van der Waals surface area contributed by atoms with Gasteiger partial charge in [-0.2, -0.15) is 0 Å². The van der Waals surface area contributed by atoms with Gasteiger partial charge in [0, 0.05) is 22.6 Å². The summed E-state index contributed by atoms with van der Waals surface area (Å²) < 4.78 is 6.91. The minimum absolute atomic E-state index is 0. The van der Waals surface area contributed by atoms with Crippen molar-refractivity contribution in [1.82, 2.24) is 10.6 Å². The van der Waals surface area contributed by atoms with Crippen molar-refractivity contribution in [2.24, 2.45) is 0 Å². The van der Waals surface area contributed by atoms with Crippen LogP contribution in [0, 0.1) is 0 Å². The summed E-state index contributed by atoms with van der Waals surface area (Å²) in [5, 5.41) is 6.33. The Labute approximate surface area is 156 Å². The van der Waals surface area contributed by atoms with Crippen LogP contribution in [0.4, 0.5) is 0 Å². The van der Waals surface area contributed by atoms with Gasteiger partial charge < -0.3 is 15.4 Å². The van der Waals surface area contributed by atoms with Gasteiger partial charge in [0.15, 0.2) is 0 Å². The lowest BCUT2D eigenvalue weighted by Crippen LogP contribution is -2.40. The van der Waals surface area contributed by atoms with Gasteiger partial charge in [-0.05, 0) is 31.2 Å². The van der Waals surface area contributed by atoms with E-state index in [0.717, 1.165) is 29.5 Å². The summed E-state index contributed by atoms with van der Waals surface area (Å²) in [6.07, 6.45) is 0.288. The molecule has 1 heterocycles. The van der Waals surface area contributed by atoms with Gasteiger partial charge in [-0.15, -0.1) is 12.4 Å². The van der Waals surface area contributed by atoms with Crippen LogP contribution in [-0.2, 0) is 4.79 Å². The number of nitrogens with one attached hydrogen (secondary N) is 2. The van der Waals surface area contributed by atoms with E-state index < -0.39 is 6.10 Å². The van der Waals surface area contributed by atoms with Crippen molar-refractivity contribution in [1.29, 1.82) is 0 Å². The number of halogens is 2. The summed E-state index contributed by atoms with van der Waals surface area (Å²) in [5.74, 6) is 0.554. The van der Waals surface area contributed by atoms with E-state index in [-0.39, 0.29) is 24.4 Å². The summed E-state index contributed by atoms with van der Waals surface area (Å²) in [6, 6.07) is 17.3. The molecule has 24 heavy (non-hydrogen) atoms. The zero-order chi connectivity index (χ0) is 16.1. The molecule has 0 saturated carbocycles. The van der Waals surface area contributed by atoms with Crippen molar-refractivity contribution in [2.45, 2.75) is 18.6 Å². The number of rotatable bonds is 5. The lowest BCUT2D eigenvalue weighted by molar-refractivity contribution is -0.128. The number of ether oxygens (including phenoxy) is 1. The van der Waals surface area contributed by atoms with Gasteiger partial charge in [0.1, 0.15) is 5.75 Å². The largest absolute Gasteiger partial charge is 0.476 e. The monoisotopic (exact) mass is 410 g/mol. The summed E-state index contributed by atoms with van der Waals surface area (Å²) in [7, 11) is 0. The first-order valence-corrected chi connectivity index (χ1v) is 8.50. The molecule has 6 heteroatoms. The predicted molar refractivity (Wildman–Crippen MR) is 101 cm³/mol. The van der Waals surface area contributed by atoms with Gasteiger partial charge in [0.05, 0.1) is 0 Å². The van der Waals surface area contributed by atoms with Crippen molar-refractivity contribution in [3.63, 3.8) is 0 Å². The zero-order valence-corrected chi connectivity index (χ0v) is 15.5. The molecule has 4 nitrogen and oxygen atoms in total. The van der Waals surface area contributed by atoms with Crippen LogP contribution >= 0.6 is 28.3 Å². The number of hydrogen-bond donors (Lipinski definition) is 2. The fourth-order valence-electron chi connectivity index (χ4n) is 2.63. The smallest absolute Gasteiger partial charge is 0.266 e. The molecule has 0 spiro atoms. The number of benzene rings is 2. The molecule has 0 aromatic heterocycles. The Kier molecular flexibility index (Phi) is 7.09. The second-order valence-corrected chi connectivity index (χ2v) is 6.48. The Morgan fingerprint density at radius 3 is 2.67 bits per heavy atom. The second kappa shape index (κ2) is 9.06. The quantitative estimate of drug-likeness (QED) is 0.792. The molecule has 0 bridgehead atoms. The van der Waals surface area contributed by atoms with E-state index >= 15 is 0 Å². The molecule has 128 valence electrons. The maximum Gasteiger partial charge on any atom is 0.266 e. The van der Waals surface area contributed by atoms with Crippen molar-refractivity contribution in [3.05, 3.63) is 64.6 Å². The van der Waals surface area contributed by atoms with Crippen LogP contribution in [0.1, 0.15) is 18.1 Å². The maximum absolute atomic E-state index is 12.7. The van der Waals surface area contributed by atoms with Crippen molar-refractivity contribution < 1.29 is 9.53 Å². The molecule has 2 aromatic carbocycles. The highest BCUT2D eigenvalue weighted by Gasteiger charge is 2.26. The summed E-state index contributed by atoms with van der Waals surface area (Å²) in [4.78, 5) is 12.7. The van der Waals surface area contributed by atoms with Gasteiger partial charge in [-0.1, -0.05) is 52.3 Å². The fraction of sp³-hybridized carbons (Fsp3) is 0.278. The highest BCUT2D eigenvalue weighted by molar-refractivity contribution is 9.10. The first kappa shape index (κ1) is 18.8. The van der Waals surface area contributed by atoms with Crippen LogP contribution in [0.15, 0.2) is 59.1 Å². The highest BCUT2D eigenvalue weighted by Crippen LogP contribution is 2.25. The molecule has 0 radical (unpaired) electrons. The minimum Gasteiger partial charge on any atom is -0.476 e. The molecule has 2 aromatic rings.